The number of fused-ring (bicyclic) bond motifs is 2. The Morgan fingerprint density at radius 1 is 1.25 bits per heavy atom. The Bertz CT molecular complexity index is 1350. The van der Waals surface area contributed by atoms with Crippen LogP contribution in [0.4, 0.5) is 0 Å². The van der Waals surface area contributed by atoms with Gasteiger partial charge in [0, 0.05) is 46.6 Å². The number of para-hydroxylation sites is 1. The van der Waals surface area contributed by atoms with Crippen molar-refractivity contribution in [3.8, 4) is 5.75 Å². The highest BCUT2D eigenvalue weighted by atomic mass is 16.5. The molecule has 7 heteroatoms. The first-order valence-corrected chi connectivity index (χ1v) is 10.2. The van der Waals surface area contributed by atoms with Gasteiger partial charge in [-0.3, -0.25) is 4.79 Å². The number of aromatic amines is 1. The molecule has 4 rings (SSSR count). The third-order valence-electron chi connectivity index (χ3n) is 5.58. The van der Waals surface area contributed by atoms with Gasteiger partial charge >= 0.3 is 5.97 Å². The number of aliphatic carboxylic acids is 1. The first-order chi connectivity index (χ1) is 15.4. The summed E-state index contributed by atoms with van der Waals surface area (Å²) >= 11 is 0. The highest BCUT2D eigenvalue weighted by Gasteiger charge is 2.21. The van der Waals surface area contributed by atoms with Crippen molar-refractivity contribution in [2.24, 2.45) is 0 Å². The van der Waals surface area contributed by atoms with Crippen LogP contribution in [-0.4, -0.2) is 35.1 Å². The maximum Gasteiger partial charge on any atom is 0.326 e. The number of rotatable bonds is 7. The number of methoxy groups -OCH3 is 1. The number of carbonyl (C=O) groups excluding carboxylic acids is 1. The van der Waals surface area contributed by atoms with Gasteiger partial charge in [0.05, 0.1) is 13.4 Å². The Morgan fingerprint density at radius 3 is 2.78 bits per heavy atom. The number of furan rings is 1. The number of H-pyrrole nitrogens is 1. The van der Waals surface area contributed by atoms with Crippen LogP contribution in [0.1, 0.15) is 23.6 Å². The summed E-state index contributed by atoms with van der Waals surface area (Å²) in [7, 11) is 1.55. The highest BCUT2D eigenvalue weighted by molar-refractivity contribution is 5.99. The van der Waals surface area contributed by atoms with E-state index in [0.29, 0.717) is 16.9 Å². The van der Waals surface area contributed by atoms with Crippen molar-refractivity contribution < 1.29 is 23.8 Å². The lowest BCUT2D eigenvalue weighted by atomic mass is 10.0. The minimum Gasteiger partial charge on any atom is -0.496 e. The number of carboxylic acid groups (broad SMARTS) is 1. The normalized spacial score (nSPS) is 12.8. The molecule has 3 N–H and O–H groups in total. The van der Waals surface area contributed by atoms with Crippen molar-refractivity contribution in [1.82, 2.24) is 10.3 Å². The van der Waals surface area contributed by atoms with Crippen molar-refractivity contribution in [2.45, 2.75) is 26.3 Å². The van der Waals surface area contributed by atoms with E-state index in [2.05, 4.69) is 10.3 Å². The molecule has 0 fully saturated rings. The summed E-state index contributed by atoms with van der Waals surface area (Å²) in [6, 6.07) is 10.3. The van der Waals surface area contributed by atoms with Gasteiger partial charge in [0.2, 0.25) is 5.91 Å². The number of aryl methyl sites for hydroxylation is 1. The van der Waals surface area contributed by atoms with Crippen LogP contribution < -0.4 is 10.1 Å². The molecule has 2 heterocycles. The molecule has 164 valence electrons. The molecule has 0 aliphatic heterocycles. The summed E-state index contributed by atoms with van der Waals surface area (Å²) in [6.45, 7) is 3.73. The van der Waals surface area contributed by atoms with E-state index < -0.39 is 17.9 Å². The number of benzene rings is 2. The van der Waals surface area contributed by atoms with Gasteiger partial charge in [0.25, 0.3) is 0 Å². The van der Waals surface area contributed by atoms with Crippen LogP contribution >= 0.6 is 0 Å². The SMILES string of the molecule is COc1cc2occ(C)c2cc1/C(C)=C/C(=O)NC(Cc1c[nH]c2ccccc12)C(=O)O. The van der Waals surface area contributed by atoms with Gasteiger partial charge in [-0.2, -0.15) is 0 Å². The van der Waals surface area contributed by atoms with Gasteiger partial charge in [-0.1, -0.05) is 18.2 Å². The maximum atomic E-state index is 12.7. The van der Waals surface area contributed by atoms with E-state index in [1.807, 2.05) is 37.3 Å². The van der Waals surface area contributed by atoms with Crippen molar-refractivity contribution >= 4 is 39.3 Å². The van der Waals surface area contributed by atoms with E-state index in [4.69, 9.17) is 9.15 Å². The highest BCUT2D eigenvalue weighted by Crippen LogP contribution is 2.33. The predicted molar refractivity (Wildman–Crippen MR) is 123 cm³/mol. The summed E-state index contributed by atoms with van der Waals surface area (Å²) in [4.78, 5) is 27.7. The second-order valence-electron chi connectivity index (χ2n) is 7.76. The van der Waals surface area contributed by atoms with Crippen LogP contribution in [-0.2, 0) is 16.0 Å². The molecule has 0 saturated heterocycles. The average molecular weight is 432 g/mol. The van der Waals surface area contributed by atoms with Crippen LogP contribution in [0.3, 0.4) is 0 Å². The molecule has 1 amide bonds. The van der Waals surface area contributed by atoms with Crippen LogP contribution in [0.5, 0.6) is 5.75 Å². The zero-order valence-electron chi connectivity index (χ0n) is 18.1. The fourth-order valence-corrected chi connectivity index (χ4v) is 3.87. The summed E-state index contributed by atoms with van der Waals surface area (Å²) in [5, 5.41) is 14.2. The van der Waals surface area contributed by atoms with E-state index >= 15 is 0 Å². The second-order valence-corrected chi connectivity index (χ2v) is 7.76. The number of nitrogens with one attached hydrogen (secondary N) is 2. The zero-order chi connectivity index (χ0) is 22.8. The molecule has 0 aliphatic carbocycles. The number of aromatic nitrogens is 1. The zero-order valence-corrected chi connectivity index (χ0v) is 18.1. The number of hydrogen-bond acceptors (Lipinski definition) is 4. The van der Waals surface area contributed by atoms with Crippen molar-refractivity contribution in [3.05, 3.63) is 71.6 Å². The van der Waals surface area contributed by atoms with Gasteiger partial charge in [0.1, 0.15) is 17.4 Å². The number of carbonyl (C=O) groups is 2. The van der Waals surface area contributed by atoms with Gasteiger partial charge in [-0.15, -0.1) is 0 Å². The first kappa shape index (κ1) is 21.2. The minimum absolute atomic E-state index is 0.168. The second kappa shape index (κ2) is 8.63. The van der Waals surface area contributed by atoms with Gasteiger partial charge in [-0.05, 0) is 42.7 Å². The Kier molecular flexibility index (Phi) is 5.73. The molecule has 1 atom stereocenters. The monoisotopic (exact) mass is 432 g/mol. The molecule has 1 unspecified atom stereocenters. The molecular weight excluding hydrogens is 408 g/mol. The van der Waals surface area contributed by atoms with Crippen molar-refractivity contribution in [3.63, 3.8) is 0 Å². The molecule has 0 aliphatic rings. The molecule has 2 aromatic carbocycles. The number of hydrogen-bond donors (Lipinski definition) is 3. The van der Waals surface area contributed by atoms with Crippen LogP contribution in [0.2, 0.25) is 0 Å². The number of allylic oxidation sites excluding steroid dienone is 1. The van der Waals surface area contributed by atoms with E-state index in [-0.39, 0.29) is 6.42 Å². The fourth-order valence-electron chi connectivity index (χ4n) is 3.87. The van der Waals surface area contributed by atoms with E-state index in [9.17, 15) is 14.7 Å². The van der Waals surface area contributed by atoms with Crippen LogP contribution in [0.15, 0.2) is 59.4 Å². The Morgan fingerprint density at radius 2 is 2.03 bits per heavy atom. The van der Waals surface area contributed by atoms with Crippen molar-refractivity contribution in [1.29, 1.82) is 0 Å². The molecule has 2 aromatic heterocycles. The van der Waals surface area contributed by atoms with Crippen LogP contribution in [0.25, 0.3) is 27.4 Å². The summed E-state index contributed by atoms with van der Waals surface area (Å²) < 4.78 is 11.0. The van der Waals surface area contributed by atoms with E-state index in [1.165, 1.54) is 6.08 Å². The summed E-state index contributed by atoms with van der Waals surface area (Å²) in [5.74, 6) is -1.01. The number of carboxylic acids is 1. The Labute approximate surface area is 184 Å². The lowest BCUT2D eigenvalue weighted by molar-refractivity contribution is -0.141. The lowest BCUT2D eigenvalue weighted by Crippen LogP contribution is -2.41. The quantitative estimate of drug-likeness (QED) is 0.374. The number of ether oxygens (including phenoxy) is 1. The first-order valence-electron chi connectivity index (χ1n) is 10.2. The molecular formula is C25H24N2O5. The van der Waals surface area contributed by atoms with Gasteiger partial charge in [-0.25, -0.2) is 4.79 Å². The van der Waals surface area contributed by atoms with Gasteiger partial charge < -0.3 is 24.6 Å². The largest absolute Gasteiger partial charge is 0.496 e. The van der Waals surface area contributed by atoms with Gasteiger partial charge in [0.15, 0.2) is 0 Å². The molecule has 0 bridgehead atoms. The standard InChI is InChI=1S/C25H24N2O5/c1-14(18-10-19-15(2)13-32-23(19)11-22(18)31-3)8-24(28)27-21(25(29)30)9-16-12-26-20-7-5-4-6-17(16)20/h4-8,10-13,21,26H,9H2,1-3H3,(H,27,28)(H,29,30)/b14-8+. The Hall–Kier alpha value is -4.00. The maximum absolute atomic E-state index is 12.7. The fraction of sp³-hybridized carbons (Fsp3) is 0.200. The minimum atomic E-state index is -1.09. The van der Waals surface area contributed by atoms with Crippen LogP contribution in [0, 0.1) is 6.92 Å². The molecule has 0 spiro atoms. The predicted octanol–water partition coefficient (Wildman–Crippen LogP) is 4.45. The molecule has 0 radical (unpaired) electrons. The lowest BCUT2D eigenvalue weighted by Gasteiger charge is -2.14. The Balaban J connectivity index is 1.57. The average Bonchev–Trinajstić information content (AvgIpc) is 3.35. The molecule has 0 saturated carbocycles. The molecule has 7 nitrogen and oxygen atoms in total. The van der Waals surface area contributed by atoms with E-state index in [1.54, 1.807) is 32.6 Å². The van der Waals surface area contributed by atoms with Crippen molar-refractivity contribution in [2.75, 3.05) is 7.11 Å². The summed E-state index contributed by atoms with van der Waals surface area (Å²) in [6.07, 6.45) is 5.01. The van der Waals surface area contributed by atoms with E-state index in [0.717, 1.165) is 33.0 Å². The molecule has 4 aromatic rings. The topological polar surface area (TPSA) is 105 Å². The third kappa shape index (κ3) is 4.09. The smallest absolute Gasteiger partial charge is 0.326 e. The molecule has 32 heavy (non-hydrogen) atoms. The summed E-state index contributed by atoms with van der Waals surface area (Å²) in [5.41, 5.74) is 4.82. The third-order valence-corrected chi connectivity index (χ3v) is 5.58. The number of amides is 1.